The largest absolute Gasteiger partial charge is 0.397 e. The average molecular weight is 1780 g/mol. The summed E-state index contributed by atoms with van der Waals surface area (Å²) >= 11 is 1.63. The van der Waals surface area contributed by atoms with Gasteiger partial charge in [0.15, 0.2) is 0 Å². The standard InChI is InChI=1S/C28H30N6O2S.C24H27FN6O2.C24H28N6O2.C21H20FN5O.4H2/c1-34(15-17-36-16-14-29)24-11-9-23(10-12-24)33-32-22-7-4-20(5-8-22)28(35)31-26-19-21(6-13-25(26)30)27-3-2-18-37-27;1-31(13-15-33-14-12-26)21-9-7-20(8-10-21)30-29-19-5-2-17(3-6-19)24(32)28-23-11-4-18(25)16-22(23)27;1-30(15-17-32-16-14-25)21-12-10-20(11-13-21)29-28-19-8-6-18(7-9-19)24(31)27-23-5-3-2-4-22(23)26;1-27(2)18-10-8-17(9-11-18)26-25-16-6-3-14(4-7-16)21(28)24-20-12-5-15(22)13-19(20)23;;;;/h2-13,18-19H,14-17,29-30H2,1H3,(H,31,35);2-11,16H,12-15,26-27H2,1H3,(H,28,32);2-13H,14-17,25-26H2,1H3,(H,27,31);3-13H,23H2,1-2H3,(H,24,28);4*1H. The number of nitrogen functional groups attached to an aromatic ring is 4. The fourth-order valence-corrected chi connectivity index (χ4v) is 12.5. The first kappa shape index (κ1) is 96.8. The number of carbonyl (C=O) groups excluding carboxylic acids is 4. The molecule has 0 radical (unpaired) electrons. The lowest BCUT2D eigenvalue weighted by atomic mass is 10.1. The number of benzene rings is 12. The number of para-hydroxylation sites is 2. The summed E-state index contributed by atoms with van der Waals surface area (Å²) in [5.41, 5.74) is 55.4. The number of hydrogen-bond donors (Lipinski definition) is 11. The summed E-state index contributed by atoms with van der Waals surface area (Å²) in [5.74, 6) is -2.10. The van der Waals surface area contributed by atoms with E-state index in [1.54, 1.807) is 127 Å². The van der Waals surface area contributed by atoms with Crippen molar-refractivity contribution >= 4 is 149 Å². The van der Waals surface area contributed by atoms with Crippen molar-refractivity contribution in [1.82, 2.24) is 0 Å². The van der Waals surface area contributed by atoms with Gasteiger partial charge < -0.3 is 95.2 Å². The van der Waals surface area contributed by atoms with Crippen molar-refractivity contribution in [2.24, 2.45) is 58.1 Å². The van der Waals surface area contributed by atoms with Crippen LogP contribution in [0.1, 0.15) is 47.1 Å². The molecule has 4 amide bonds. The van der Waals surface area contributed by atoms with Crippen LogP contribution in [0.2, 0.25) is 0 Å². The van der Waals surface area contributed by atoms with Gasteiger partial charge in [-0.2, -0.15) is 40.9 Å². The van der Waals surface area contributed by atoms with Crippen LogP contribution in [0.4, 0.5) is 123 Å². The Bertz CT molecular complexity index is 5910. The number of amides is 4. The van der Waals surface area contributed by atoms with Crippen LogP contribution in [0.15, 0.2) is 331 Å². The molecule has 1 heterocycles. The van der Waals surface area contributed by atoms with Crippen molar-refractivity contribution < 1.29 is 47.9 Å². The number of nitrogens with zero attached hydrogens (tertiary/aromatic N) is 12. The third-order valence-electron chi connectivity index (χ3n) is 19.2. The quantitative estimate of drug-likeness (QED) is 0.00987. The Morgan fingerprint density at radius 1 is 0.315 bits per heavy atom. The van der Waals surface area contributed by atoms with Gasteiger partial charge in [0.25, 0.3) is 23.6 Å². The molecule has 18 N–H and O–H groups in total. The van der Waals surface area contributed by atoms with Crippen LogP contribution in [-0.2, 0) is 14.2 Å². The number of likely N-dealkylation sites (N-methyl/N-ethyl adjacent to an activating group) is 3. The number of nitrogens with two attached hydrogens (primary N) is 7. The Hall–Kier alpha value is -15.4. The lowest BCUT2D eigenvalue weighted by molar-refractivity contribution is 0.101. The fraction of sp³-hybridized carbons (Fsp3) is 0.175. The molecule has 130 heavy (non-hydrogen) atoms. The van der Waals surface area contributed by atoms with E-state index in [4.69, 9.17) is 54.3 Å². The maximum Gasteiger partial charge on any atom is 0.255 e. The van der Waals surface area contributed by atoms with E-state index >= 15 is 0 Å². The van der Waals surface area contributed by atoms with Crippen LogP contribution in [0.25, 0.3) is 10.4 Å². The average Bonchev–Trinajstić information content (AvgIpc) is 1.46. The van der Waals surface area contributed by atoms with E-state index in [-0.39, 0.29) is 40.7 Å². The third kappa shape index (κ3) is 31.3. The molecule has 0 aliphatic carbocycles. The number of anilines is 12. The van der Waals surface area contributed by atoms with Gasteiger partial charge in [0.1, 0.15) is 11.6 Å². The van der Waals surface area contributed by atoms with Gasteiger partial charge in [0, 0.05) is 130 Å². The Balaban J connectivity index is 0.000000273. The topological polar surface area (TPSA) is 438 Å². The van der Waals surface area contributed by atoms with E-state index in [1.807, 2.05) is 179 Å². The molecular weight excluding hydrogens is 1670 g/mol. The van der Waals surface area contributed by atoms with Gasteiger partial charge in [0.05, 0.1) is 131 Å². The molecule has 33 heteroatoms. The predicted molar refractivity (Wildman–Crippen MR) is 529 cm³/mol. The van der Waals surface area contributed by atoms with Gasteiger partial charge in [-0.15, -0.1) is 11.3 Å². The second kappa shape index (κ2) is 50.7. The summed E-state index contributed by atoms with van der Waals surface area (Å²) in [5, 5.41) is 47.0. The maximum absolute atomic E-state index is 13.1. The summed E-state index contributed by atoms with van der Waals surface area (Å²) in [7, 11) is 9.95. The van der Waals surface area contributed by atoms with Crippen LogP contribution < -0.4 is 81.0 Å². The third-order valence-corrected chi connectivity index (χ3v) is 20.1. The number of rotatable bonds is 36. The summed E-state index contributed by atoms with van der Waals surface area (Å²) in [6, 6.07) is 82.5. The highest BCUT2D eigenvalue weighted by Gasteiger charge is 2.16. The highest BCUT2D eigenvalue weighted by Crippen LogP contribution is 2.33. The normalized spacial score (nSPS) is 11.0. The van der Waals surface area contributed by atoms with E-state index < -0.39 is 11.6 Å². The molecular formula is C97H113F2N23O7S. The van der Waals surface area contributed by atoms with Crippen molar-refractivity contribution in [2.45, 2.75) is 0 Å². The zero-order valence-corrected chi connectivity index (χ0v) is 73.4. The van der Waals surface area contributed by atoms with Gasteiger partial charge in [-0.3, -0.25) is 19.2 Å². The first-order valence-corrected chi connectivity index (χ1v) is 42.1. The predicted octanol–water partition coefficient (Wildman–Crippen LogP) is 21.0. The van der Waals surface area contributed by atoms with Gasteiger partial charge >= 0.3 is 0 Å². The maximum atomic E-state index is 13.1. The van der Waals surface area contributed by atoms with Crippen molar-refractivity contribution in [3.05, 3.63) is 324 Å². The molecule has 0 saturated carbocycles. The first-order chi connectivity index (χ1) is 63.0. The van der Waals surface area contributed by atoms with Gasteiger partial charge in [-0.1, -0.05) is 24.3 Å². The van der Waals surface area contributed by atoms with Crippen molar-refractivity contribution in [1.29, 1.82) is 0 Å². The van der Waals surface area contributed by atoms with E-state index in [0.717, 1.165) is 82.0 Å². The zero-order valence-electron chi connectivity index (χ0n) is 72.6. The number of thiophene rings is 1. The number of ether oxygens (including phenoxy) is 3. The smallest absolute Gasteiger partial charge is 0.255 e. The van der Waals surface area contributed by atoms with Gasteiger partial charge in [0.2, 0.25) is 0 Å². The number of hydrogen-bond acceptors (Lipinski definition) is 27. The SMILES string of the molecule is CN(C)c1ccc(N=Nc2ccc(C(=O)Nc3ccc(F)cc3N)cc2)cc1.CN(CCOCCN)c1ccc(N=Nc2ccc(C(=O)Nc3cc(-c4cccs4)ccc3N)cc2)cc1.CN(CCOCCN)c1ccc(N=Nc2ccc(C(=O)Nc3ccc(F)cc3N)cc2)cc1.CN(CCOCCN)c1ccc(N=Nc2ccc(C(=O)Nc3ccccc3N)cc2)cc1.[HH].[HH].[HH].[HH]. The van der Waals surface area contributed by atoms with E-state index in [0.29, 0.717) is 144 Å². The Kier molecular flexibility index (Phi) is 37.8. The van der Waals surface area contributed by atoms with E-state index in [1.165, 1.54) is 24.3 Å². The molecule has 0 spiro atoms. The van der Waals surface area contributed by atoms with E-state index in [9.17, 15) is 28.0 Å². The summed E-state index contributed by atoms with van der Waals surface area (Å²) < 4.78 is 42.5. The molecule has 12 aromatic carbocycles. The van der Waals surface area contributed by atoms with Crippen LogP contribution in [0.5, 0.6) is 0 Å². The number of nitrogens with one attached hydrogen (secondary N) is 4. The van der Waals surface area contributed by atoms with Crippen molar-refractivity contribution in [3.8, 4) is 10.4 Å². The van der Waals surface area contributed by atoms with Crippen molar-refractivity contribution in [2.75, 3.05) is 178 Å². The number of carbonyl (C=O) groups is 4. The van der Waals surface area contributed by atoms with Crippen LogP contribution >= 0.6 is 11.3 Å². The lowest BCUT2D eigenvalue weighted by Gasteiger charge is -2.19. The molecule has 0 bridgehead atoms. The molecule has 0 unspecified atom stereocenters. The van der Waals surface area contributed by atoms with Crippen LogP contribution in [0, 0.1) is 11.6 Å². The molecule has 678 valence electrons. The summed E-state index contributed by atoms with van der Waals surface area (Å²) in [6.45, 7) is 7.44. The molecule has 13 rings (SSSR count). The molecule has 30 nitrogen and oxygen atoms in total. The first-order valence-electron chi connectivity index (χ1n) is 41.2. The lowest BCUT2D eigenvalue weighted by Crippen LogP contribution is -2.23. The van der Waals surface area contributed by atoms with Gasteiger partial charge in [-0.25, -0.2) is 8.78 Å². The Morgan fingerprint density at radius 3 is 0.885 bits per heavy atom. The second-order valence-electron chi connectivity index (χ2n) is 29.1. The van der Waals surface area contributed by atoms with Gasteiger partial charge in [-0.05, 0) is 272 Å². The summed E-state index contributed by atoms with van der Waals surface area (Å²) in [4.78, 5) is 59.3. The monoisotopic (exact) mass is 1780 g/mol. The minimum atomic E-state index is -0.463. The van der Waals surface area contributed by atoms with E-state index in [2.05, 4.69) is 76.9 Å². The van der Waals surface area contributed by atoms with Crippen LogP contribution in [-0.4, -0.2) is 138 Å². The van der Waals surface area contributed by atoms with Crippen molar-refractivity contribution in [3.63, 3.8) is 0 Å². The Morgan fingerprint density at radius 2 is 0.600 bits per heavy atom. The highest BCUT2D eigenvalue weighted by atomic mass is 32.1. The zero-order chi connectivity index (χ0) is 92.5. The minimum Gasteiger partial charge on any atom is -0.397 e. The molecule has 13 aromatic rings. The number of azo groups is 4. The summed E-state index contributed by atoms with van der Waals surface area (Å²) in [6.07, 6.45) is 0. The molecule has 0 saturated heterocycles. The Labute approximate surface area is 763 Å². The molecule has 0 aliphatic rings. The second-order valence-corrected chi connectivity index (χ2v) is 30.0. The fourth-order valence-electron chi connectivity index (χ4n) is 11.8. The number of halogens is 2. The molecule has 1 aromatic heterocycles. The minimum absolute atomic E-state index is 0. The molecule has 0 atom stereocenters. The molecule has 0 fully saturated rings. The van der Waals surface area contributed by atoms with Crippen LogP contribution in [0.3, 0.4) is 0 Å². The highest BCUT2D eigenvalue weighted by molar-refractivity contribution is 7.13. The molecule has 0 aliphatic heterocycles.